The zero-order valence-electron chi connectivity index (χ0n) is 15.0. The number of fused-ring (bicyclic) bond motifs is 2. The number of likely N-dealkylation sites (N-methyl/N-ethyl adjacent to an activating group) is 1. The van der Waals surface area contributed by atoms with Crippen LogP contribution < -0.4 is 0 Å². The van der Waals surface area contributed by atoms with Gasteiger partial charge in [0, 0.05) is 47.9 Å². The van der Waals surface area contributed by atoms with Gasteiger partial charge >= 0.3 is 0 Å². The maximum atomic E-state index is 11.0. The Morgan fingerprint density at radius 2 is 2.07 bits per heavy atom. The number of aromatic hydroxyl groups is 1. The molecule has 0 aliphatic carbocycles. The summed E-state index contributed by atoms with van der Waals surface area (Å²) in [5, 5.41) is 12.1. The highest BCUT2D eigenvalue weighted by molar-refractivity contribution is 5.78. The van der Waals surface area contributed by atoms with Crippen molar-refractivity contribution in [1.82, 2.24) is 14.9 Å². The fourth-order valence-electron chi connectivity index (χ4n) is 4.02. The SMILES string of the molecule is CN1Cc2c(ccc(-c3cnccn3)c2O)C(c2ccc3occc3c2)C1. The molecule has 0 saturated carbocycles. The molecule has 0 spiro atoms. The van der Waals surface area contributed by atoms with Crippen LogP contribution in [0.4, 0.5) is 0 Å². The molecule has 1 aliphatic heterocycles. The minimum absolute atomic E-state index is 0.194. The minimum atomic E-state index is 0.194. The summed E-state index contributed by atoms with van der Waals surface area (Å²) in [6, 6.07) is 12.4. The third kappa shape index (κ3) is 2.67. The van der Waals surface area contributed by atoms with E-state index in [4.69, 9.17) is 4.42 Å². The zero-order valence-corrected chi connectivity index (χ0v) is 15.0. The molecule has 1 unspecified atom stereocenters. The molecule has 2 aromatic carbocycles. The lowest BCUT2D eigenvalue weighted by Gasteiger charge is -2.33. The highest BCUT2D eigenvalue weighted by atomic mass is 16.3. The normalized spacial score (nSPS) is 17.1. The second-order valence-electron chi connectivity index (χ2n) is 7.09. The third-order valence-corrected chi connectivity index (χ3v) is 5.33. The molecule has 1 atom stereocenters. The van der Waals surface area contributed by atoms with Crippen LogP contribution in [0.1, 0.15) is 22.6 Å². The van der Waals surface area contributed by atoms with Crippen LogP contribution in [-0.2, 0) is 6.54 Å². The highest BCUT2D eigenvalue weighted by Gasteiger charge is 2.28. The molecule has 0 bridgehead atoms. The van der Waals surface area contributed by atoms with Crippen molar-refractivity contribution in [3.05, 3.63) is 77.9 Å². The van der Waals surface area contributed by atoms with Gasteiger partial charge in [-0.05, 0) is 42.4 Å². The molecule has 5 heteroatoms. The van der Waals surface area contributed by atoms with Crippen molar-refractivity contribution in [3.63, 3.8) is 0 Å². The van der Waals surface area contributed by atoms with Crippen LogP contribution in [-0.4, -0.2) is 33.6 Å². The van der Waals surface area contributed by atoms with Gasteiger partial charge in [-0.1, -0.05) is 12.1 Å². The summed E-state index contributed by atoms with van der Waals surface area (Å²) in [4.78, 5) is 10.7. The lowest BCUT2D eigenvalue weighted by molar-refractivity contribution is 0.288. The number of nitrogens with zero attached hydrogens (tertiary/aromatic N) is 3. The van der Waals surface area contributed by atoms with E-state index in [2.05, 4.69) is 40.1 Å². The van der Waals surface area contributed by atoms with Crippen LogP contribution in [0.25, 0.3) is 22.2 Å². The Bertz CT molecular complexity index is 1120. The number of aromatic nitrogens is 2. The second kappa shape index (κ2) is 6.21. The van der Waals surface area contributed by atoms with E-state index in [-0.39, 0.29) is 5.92 Å². The molecule has 1 aliphatic rings. The molecule has 1 N–H and O–H groups in total. The Labute approximate surface area is 156 Å². The second-order valence-corrected chi connectivity index (χ2v) is 7.09. The molecule has 27 heavy (non-hydrogen) atoms. The first-order valence-electron chi connectivity index (χ1n) is 8.97. The highest BCUT2D eigenvalue weighted by Crippen LogP contribution is 2.41. The maximum Gasteiger partial charge on any atom is 0.133 e. The van der Waals surface area contributed by atoms with Crippen LogP contribution in [0.5, 0.6) is 5.75 Å². The van der Waals surface area contributed by atoms with Gasteiger partial charge in [-0.15, -0.1) is 0 Å². The predicted molar refractivity (Wildman–Crippen MR) is 104 cm³/mol. The van der Waals surface area contributed by atoms with Gasteiger partial charge in [0.1, 0.15) is 11.3 Å². The summed E-state index contributed by atoms with van der Waals surface area (Å²) in [7, 11) is 2.08. The summed E-state index contributed by atoms with van der Waals surface area (Å²) in [6.45, 7) is 1.61. The van der Waals surface area contributed by atoms with E-state index in [0.717, 1.165) is 28.6 Å². The summed E-state index contributed by atoms with van der Waals surface area (Å²) in [5.74, 6) is 0.494. The largest absolute Gasteiger partial charge is 0.507 e. The summed E-state index contributed by atoms with van der Waals surface area (Å²) in [5.41, 5.74) is 5.65. The minimum Gasteiger partial charge on any atom is -0.507 e. The summed E-state index contributed by atoms with van der Waals surface area (Å²) >= 11 is 0. The fraction of sp³-hybridized carbons (Fsp3) is 0.182. The number of hydrogen-bond donors (Lipinski definition) is 1. The van der Waals surface area contributed by atoms with Gasteiger partial charge in [-0.25, -0.2) is 0 Å². The van der Waals surface area contributed by atoms with Crippen LogP contribution in [0, 0.1) is 0 Å². The Morgan fingerprint density at radius 3 is 2.93 bits per heavy atom. The Hall–Kier alpha value is -3.18. The topological polar surface area (TPSA) is 62.4 Å². The van der Waals surface area contributed by atoms with Gasteiger partial charge in [0.05, 0.1) is 18.2 Å². The number of rotatable bonds is 2. The zero-order chi connectivity index (χ0) is 18.4. The van der Waals surface area contributed by atoms with Gasteiger partial charge in [-0.3, -0.25) is 9.97 Å². The quantitative estimate of drug-likeness (QED) is 0.583. The molecule has 0 amide bonds. The predicted octanol–water partition coefficient (Wildman–Crippen LogP) is 4.17. The molecule has 0 saturated heterocycles. The first-order chi connectivity index (χ1) is 13.2. The van der Waals surface area contributed by atoms with E-state index in [1.54, 1.807) is 24.9 Å². The molecule has 0 radical (unpaired) electrons. The van der Waals surface area contributed by atoms with Crippen molar-refractivity contribution >= 4 is 11.0 Å². The summed E-state index contributed by atoms with van der Waals surface area (Å²) < 4.78 is 5.47. The van der Waals surface area contributed by atoms with Crippen molar-refractivity contribution in [1.29, 1.82) is 0 Å². The van der Waals surface area contributed by atoms with Gasteiger partial charge < -0.3 is 14.4 Å². The Morgan fingerprint density at radius 1 is 1.15 bits per heavy atom. The van der Waals surface area contributed by atoms with E-state index in [0.29, 0.717) is 18.0 Å². The average molecular weight is 357 g/mol. The average Bonchev–Trinajstić information content (AvgIpc) is 3.17. The van der Waals surface area contributed by atoms with Crippen LogP contribution in [0.2, 0.25) is 0 Å². The third-order valence-electron chi connectivity index (χ3n) is 5.33. The van der Waals surface area contributed by atoms with Crippen LogP contribution in [0.15, 0.2) is 65.7 Å². The molecule has 2 aromatic heterocycles. The van der Waals surface area contributed by atoms with Gasteiger partial charge in [-0.2, -0.15) is 0 Å². The first-order valence-corrected chi connectivity index (χ1v) is 8.97. The lowest BCUT2D eigenvalue weighted by atomic mass is 9.83. The van der Waals surface area contributed by atoms with E-state index in [1.165, 1.54) is 11.1 Å². The molecular weight excluding hydrogens is 338 g/mol. The monoisotopic (exact) mass is 357 g/mol. The number of furan rings is 1. The number of phenolic OH excluding ortho intramolecular Hbond substituents is 1. The molecule has 0 fully saturated rings. The van der Waals surface area contributed by atoms with Crippen molar-refractivity contribution in [3.8, 4) is 17.0 Å². The van der Waals surface area contributed by atoms with E-state index >= 15 is 0 Å². The van der Waals surface area contributed by atoms with E-state index < -0.39 is 0 Å². The Balaban J connectivity index is 1.64. The molecular formula is C22H19N3O2. The van der Waals surface area contributed by atoms with Crippen LogP contribution in [0.3, 0.4) is 0 Å². The molecule has 5 rings (SSSR count). The van der Waals surface area contributed by atoms with Crippen molar-refractivity contribution in [2.45, 2.75) is 12.5 Å². The maximum absolute atomic E-state index is 11.0. The number of hydrogen-bond acceptors (Lipinski definition) is 5. The van der Waals surface area contributed by atoms with Crippen LogP contribution >= 0.6 is 0 Å². The number of phenols is 1. The summed E-state index contributed by atoms with van der Waals surface area (Å²) in [6.07, 6.45) is 6.67. The van der Waals surface area contributed by atoms with Gasteiger partial charge in [0.2, 0.25) is 0 Å². The van der Waals surface area contributed by atoms with Gasteiger partial charge in [0.15, 0.2) is 0 Å². The molecule has 3 heterocycles. The lowest BCUT2D eigenvalue weighted by Crippen LogP contribution is -2.31. The smallest absolute Gasteiger partial charge is 0.133 e. The van der Waals surface area contributed by atoms with Crippen molar-refractivity contribution in [2.75, 3.05) is 13.6 Å². The van der Waals surface area contributed by atoms with Gasteiger partial charge in [0.25, 0.3) is 0 Å². The standard InChI is InChI=1S/C22H19N3O2/c1-25-12-18(14-2-5-21-15(10-14)6-9-27-21)16-3-4-17(22(26)19(16)13-25)20-11-23-7-8-24-20/h2-11,18,26H,12-13H2,1H3. The van der Waals surface area contributed by atoms with E-state index in [1.807, 2.05) is 18.2 Å². The van der Waals surface area contributed by atoms with E-state index in [9.17, 15) is 5.11 Å². The van der Waals surface area contributed by atoms with Crippen molar-refractivity contribution < 1.29 is 9.52 Å². The molecule has 4 aromatic rings. The Kier molecular flexibility index (Phi) is 3.69. The molecule has 134 valence electrons. The molecule has 5 nitrogen and oxygen atoms in total. The fourth-order valence-corrected chi connectivity index (χ4v) is 4.02. The first kappa shape index (κ1) is 16.0. The van der Waals surface area contributed by atoms with Crippen molar-refractivity contribution in [2.24, 2.45) is 0 Å². The number of benzene rings is 2.